The largest absolute Gasteiger partial charge is 0.495 e. The van der Waals surface area contributed by atoms with E-state index in [1.807, 2.05) is 52.9 Å². The molecule has 2 aromatic heterocycles. The molecule has 0 aliphatic carbocycles. The van der Waals surface area contributed by atoms with Crippen LogP contribution in [-0.4, -0.2) is 16.5 Å². The Kier molecular flexibility index (Phi) is 2.94. The van der Waals surface area contributed by atoms with Crippen LogP contribution in [0.25, 0.3) is 26.4 Å². The molecule has 0 saturated heterocycles. The van der Waals surface area contributed by atoms with E-state index in [0.29, 0.717) is 4.96 Å². The molecule has 4 nitrogen and oxygen atoms in total. The monoisotopic (exact) mass is 308 g/mol. The summed E-state index contributed by atoms with van der Waals surface area (Å²) in [5.74, 6) is 0.770. The average molecular weight is 308 g/mol. The van der Waals surface area contributed by atoms with E-state index in [-0.39, 0.29) is 5.56 Å². The lowest BCUT2D eigenvalue weighted by atomic mass is 10.1. The summed E-state index contributed by atoms with van der Waals surface area (Å²) in [6.45, 7) is 0. The van der Waals surface area contributed by atoms with Crippen LogP contribution in [0.1, 0.15) is 0 Å². The molecule has 2 aromatic carbocycles. The number of hydrogen-bond donors (Lipinski definition) is 0. The van der Waals surface area contributed by atoms with Gasteiger partial charge in [-0.25, -0.2) is 0 Å². The number of rotatable bonds is 2. The Labute approximate surface area is 130 Å². The molecule has 5 heteroatoms. The Balaban J connectivity index is 2.23. The van der Waals surface area contributed by atoms with Crippen molar-refractivity contribution >= 4 is 26.5 Å². The van der Waals surface area contributed by atoms with Crippen molar-refractivity contribution in [3.05, 3.63) is 65.0 Å². The third kappa shape index (κ3) is 1.90. The lowest BCUT2D eigenvalue weighted by molar-refractivity contribution is 0.418. The number of fused-ring (bicyclic) bond motifs is 3. The molecule has 108 valence electrons. The first-order valence-electron chi connectivity index (χ1n) is 6.82. The number of aromatic nitrogens is 2. The number of nitrogens with zero attached hydrogens (tertiary/aromatic N) is 2. The van der Waals surface area contributed by atoms with Crippen molar-refractivity contribution in [2.75, 3.05) is 7.11 Å². The molecule has 0 radical (unpaired) electrons. The molecule has 0 aliphatic rings. The molecule has 2 heterocycles. The van der Waals surface area contributed by atoms with Crippen molar-refractivity contribution in [1.82, 2.24) is 9.38 Å². The number of thiazole rings is 1. The summed E-state index contributed by atoms with van der Waals surface area (Å²) in [5.41, 5.74) is 2.51. The van der Waals surface area contributed by atoms with Crippen molar-refractivity contribution in [3.8, 4) is 17.0 Å². The highest BCUT2D eigenvalue weighted by atomic mass is 32.1. The minimum Gasteiger partial charge on any atom is -0.495 e. The van der Waals surface area contributed by atoms with Gasteiger partial charge in [0, 0.05) is 6.07 Å². The van der Waals surface area contributed by atoms with Crippen LogP contribution in [0.3, 0.4) is 0 Å². The molecule has 4 rings (SSSR count). The van der Waals surface area contributed by atoms with E-state index < -0.39 is 0 Å². The Morgan fingerprint density at radius 1 is 1.09 bits per heavy atom. The van der Waals surface area contributed by atoms with Gasteiger partial charge in [0.2, 0.25) is 0 Å². The van der Waals surface area contributed by atoms with Gasteiger partial charge >= 0.3 is 0 Å². The molecule has 0 atom stereocenters. The normalized spacial score (nSPS) is 11.1. The van der Waals surface area contributed by atoms with Crippen LogP contribution in [0.15, 0.2) is 59.4 Å². The van der Waals surface area contributed by atoms with Gasteiger partial charge in [0.15, 0.2) is 4.96 Å². The Hall–Kier alpha value is -2.66. The van der Waals surface area contributed by atoms with Gasteiger partial charge in [-0.1, -0.05) is 47.7 Å². The van der Waals surface area contributed by atoms with E-state index in [1.54, 1.807) is 13.2 Å². The van der Waals surface area contributed by atoms with E-state index in [4.69, 9.17) is 4.74 Å². The topological polar surface area (TPSA) is 43.6 Å². The SMILES string of the molecule is COc1cccc2sc3nc(=O)cc(-c4ccccc4)n3c12. The number of hydrogen-bond acceptors (Lipinski definition) is 4. The van der Waals surface area contributed by atoms with Crippen LogP contribution in [0.2, 0.25) is 0 Å². The average Bonchev–Trinajstić information content (AvgIpc) is 2.92. The molecule has 0 spiro atoms. The van der Waals surface area contributed by atoms with Gasteiger partial charge in [-0.3, -0.25) is 9.20 Å². The van der Waals surface area contributed by atoms with Crippen LogP contribution in [0.4, 0.5) is 0 Å². The minimum absolute atomic E-state index is 0.232. The number of methoxy groups -OCH3 is 1. The number of para-hydroxylation sites is 1. The lowest BCUT2D eigenvalue weighted by Crippen LogP contribution is -2.08. The van der Waals surface area contributed by atoms with E-state index >= 15 is 0 Å². The first kappa shape index (κ1) is 13.0. The van der Waals surface area contributed by atoms with Crippen LogP contribution >= 0.6 is 11.3 Å². The van der Waals surface area contributed by atoms with E-state index in [9.17, 15) is 4.79 Å². The molecule has 22 heavy (non-hydrogen) atoms. The predicted molar refractivity (Wildman–Crippen MR) is 88.8 cm³/mol. The fourth-order valence-electron chi connectivity index (χ4n) is 2.64. The Morgan fingerprint density at radius 2 is 1.91 bits per heavy atom. The summed E-state index contributed by atoms with van der Waals surface area (Å²) in [6.07, 6.45) is 0. The highest BCUT2D eigenvalue weighted by molar-refractivity contribution is 7.23. The summed E-state index contributed by atoms with van der Waals surface area (Å²) in [4.78, 5) is 16.8. The zero-order chi connectivity index (χ0) is 15.1. The number of ether oxygens (including phenoxy) is 1. The quantitative estimate of drug-likeness (QED) is 0.568. The van der Waals surface area contributed by atoms with Crippen LogP contribution in [0, 0.1) is 0 Å². The second-order valence-corrected chi connectivity index (χ2v) is 5.88. The second kappa shape index (κ2) is 4.96. The first-order chi connectivity index (χ1) is 10.8. The molecule has 0 saturated carbocycles. The van der Waals surface area contributed by atoms with Crippen molar-refractivity contribution in [2.45, 2.75) is 0 Å². The molecule has 0 bridgehead atoms. The van der Waals surface area contributed by atoms with E-state index in [1.165, 1.54) is 11.3 Å². The molecule has 0 amide bonds. The smallest absolute Gasteiger partial charge is 0.274 e. The molecular formula is C17H12N2O2S. The van der Waals surface area contributed by atoms with Gasteiger partial charge in [-0.05, 0) is 17.7 Å². The fourth-order valence-corrected chi connectivity index (χ4v) is 3.68. The zero-order valence-electron chi connectivity index (χ0n) is 11.8. The van der Waals surface area contributed by atoms with Gasteiger partial charge in [-0.2, -0.15) is 4.98 Å². The van der Waals surface area contributed by atoms with Crippen molar-refractivity contribution < 1.29 is 4.74 Å². The molecule has 0 aliphatic heterocycles. The van der Waals surface area contributed by atoms with Crippen molar-refractivity contribution in [1.29, 1.82) is 0 Å². The maximum atomic E-state index is 12.0. The fraction of sp³-hybridized carbons (Fsp3) is 0.0588. The summed E-state index contributed by atoms with van der Waals surface area (Å²) >= 11 is 1.49. The third-order valence-corrected chi connectivity index (χ3v) is 4.58. The van der Waals surface area contributed by atoms with Crippen LogP contribution < -0.4 is 10.3 Å². The van der Waals surface area contributed by atoms with Crippen LogP contribution in [-0.2, 0) is 0 Å². The molecule has 0 fully saturated rings. The summed E-state index contributed by atoms with van der Waals surface area (Å²) in [5, 5.41) is 0. The minimum atomic E-state index is -0.232. The maximum absolute atomic E-state index is 12.0. The second-order valence-electron chi connectivity index (χ2n) is 4.87. The summed E-state index contributed by atoms with van der Waals surface area (Å²) < 4.78 is 8.53. The van der Waals surface area contributed by atoms with Crippen molar-refractivity contribution in [3.63, 3.8) is 0 Å². The van der Waals surface area contributed by atoms with Crippen molar-refractivity contribution in [2.24, 2.45) is 0 Å². The highest BCUT2D eigenvalue weighted by Crippen LogP contribution is 2.34. The summed E-state index contributed by atoms with van der Waals surface area (Å²) in [7, 11) is 1.65. The van der Waals surface area contributed by atoms with E-state index in [2.05, 4.69) is 4.98 Å². The van der Waals surface area contributed by atoms with Gasteiger partial charge in [0.05, 0.1) is 17.5 Å². The molecule has 0 N–H and O–H groups in total. The molecular weight excluding hydrogens is 296 g/mol. The summed E-state index contributed by atoms with van der Waals surface area (Å²) in [6, 6.07) is 17.3. The zero-order valence-corrected chi connectivity index (χ0v) is 12.6. The van der Waals surface area contributed by atoms with E-state index in [0.717, 1.165) is 27.2 Å². The van der Waals surface area contributed by atoms with Gasteiger partial charge in [0.1, 0.15) is 11.3 Å². The van der Waals surface area contributed by atoms with Crippen LogP contribution in [0.5, 0.6) is 5.75 Å². The molecule has 4 aromatic rings. The van der Waals surface area contributed by atoms with Gasteiger partial charge in [0.25, 0.3) is 5.56 Å². The third-order valence-electron chi connectivity index (χ3n) is 3.57. The van der Waals surface area contributed by atoms with Gasteiger partial charge in [-0.15, -0.1) is 0 Å². The van der Waals surface area contributed by atoms with Gasteiger partial charge < -0.3 is 4.74 Å². The maximum Gasteiger partial charge on any atom is 0.274 e. The highest BCUT2D eigenvalue weighted by Gasteiger charge is 2.14. The lowest BCUT2D eigenvalue weighted by Gasteiger charge is -2.08. The molecule has 0 unspecified atom stereocenters. The predicted octanol–water partition coefficient (Wildman–Crippen LogP) is 3.58. The first-order valence-corrected chi connectivity index (χ1v) is 7.64. The standard InChI is InChI=1S/C17H12N2O2S/c1-21-13-8-5-9-14-16(13)19-12(11-6-3-2-4-7-11)10-15(20)18-17(19)22-14/h2-10H,1H3. The Bertz CT molecular complexity index is 1040. The number of benzene rings is 2. The Morgan fingerprint density at radius 3 is 2.68 bits per heavy atom.